The SMILES string of the molecule is CNC(=O)CCN(C)c1ccc(CNCCOC)c(Cl)c1. The predicted molar refractivity (Wildman–Crippen MR) is 87.0 cm³/mol. The summed E-state index contributed by atoms with van der Waals surface area (Å²) >= 11 is 6.30. The van der Waals surface area contributed by atoms with E-state index in [4.69, 9.17) is 16.3 Å². The Kier molecular flexibility index (Phi) is 8.12. The fourth-order valence-electron chi connectivity index (χ4n) is 1.84. The van der Waals surface area contributed by atoms with E-state index < -0.39 is 0 Å². The average Bonchev–Trinajstić information content (AvgIpc) is 2.49. The smallest absolute Gasteiger partial charge is 0.221 e. The fourth-order valence-corrected chi connectivity index (χ4v) is 2.08. The molecule has 0 bridgehead atoms. The van der Waals surface area contributed by atoms with Crippen LogP contribution in [0.15, 0.2) is 18.2 Å². The first kappa shape index (κ1) is 17.8. The number of ether oxygens (including phenoxy) is 1. The highest BCUT2D eigenvalue weighted by Crippen LogP contribution is 2.23. The average molecular weight is 314 g/mol. The molecule has 0 spiro atoms. The van der Waals surface area contributed by atoms with E-state index >= 15 is 0 Å². The molecule has 0 aliphatic heterocycles. The number of hydrogen-bond donors (Lipinski definition) is 2. The Bertz CT molecular complexity index is 455. The molecule has 6 heteroatoms. The molecular formula is C15H24ClN3O2. The minimum atomic E-state index is 0.0342. The fraction of sp³-hybridized carbons (Fsp3) is 0.533. The number of halogens is 1. The highest BCUT2D eigenvalue weighted by atomic mass is 35.5. The van der Waals surface area contributed by atoms with Crippen LogP contribution in [0.4, 0.5) is 5.69 Å². The lowest BCUT2D eigenvalue weighted by atomic mass is 10.2. The number of carbonyl (C=O) groups is 1. The Morgan fingerprint density at radius 3 is 2.81 bits per heavy atom. The summed E-state index contributed by atoms with van der Waals surface area (Å²) in [6, 6.07) is 5.95. The zero-order chi connectivity index (χ0) is 15.7. The van der Waals surface area contributed by atoms with Crippen LogP contribution in [-0.4, -0.2) is 46.8 Å². The van der Waals surface area contributed by atoms with E-state index in [2.05, 4.69) is 10.6 Å². The van der Waals surface area contributed by atoms with Gasteiger partial charge >= 0.3 is 0 Å². The largest absolute Gasteiger partial charge is 0.383 e. The van der Waals surface area contributed by atoms with E-state index in [0.29, 0.717) is 26.1 Å². The van der Waals surface area contributed by atoms with Crippen LogP contribution in [0, 0.1) is 0 Å². The third-order valence-corrected chi connectivity index (χ3v) is 3.58. The van der Waals surface area contributed by atoms with Gasteiger partial charge in [-0.05, 0) is 17.7 Å². The Labute approximate surface area is 131 Å². The summed E-state index contributed by atoms with van der Waals surface area (Å²) in [5.74, 6) is 0.0342. The Morgan fingerprint density at radius 1 is 1.43 bits per heavy atom. The lowest BCUT2D eigenvalue weighted by Crippen LogP contribution is -2.26. The molecule has 1 aromatic rings. The van der Waals surface area contributed by atoms with Crippen LogP contribution in [-0.2, 0) is 16.1 Å². The number of anilines is 1. The minimum Gasteiger partial charge on any atom is -0.383 e. The van der Waals surface area contributed by atoms with Crippen molar-refractivity contribution in [2.45, 2.75) is 13.0 Å². The molecule has 0 saturated carbocycles. The molecule has 0 aromatic heterocycles. The van der Waals surface area contributed by atoms with Crippen LogP contribution in [0.1, 0.15) is 12.0 Å². The summed E-state index contributed by atoms with van der Waals surface area (Å²) < 4.78 is 4.98. The summed E-state index contributed by atoms with van der Waals surface area (Å²) in [5.41, 5.74) is 2.06. The van der Waals surface area contributed by atoms with Gasteiger partial charge in [0.1, 0.15) is 0 Å². The number of nitrogens with zero attached hydrogens (tertiary/aromatic N) is 1. The number of methoxy groups -OCH3 is 1. The molecule has 5 nitrogen and oxygen atoms in total. The number of carbonyl (C=O) groups excluding carboxylic acids is 1. The van der Waals surface area contributed by atoms with Crippen molar-refractivity contribution in [2.24, 2.45) is 0 Å². The molecule has 2 N–H and O–H groups in total. The van der Waals surface area contributed by atoms with E-state index in [9.17, 15) is 4.79 Å². The molecule has 0 unspecified atom stereocenters. The first-order valence-electron chi connectivity index (χ1n) is 6.98. The van der Waals surface area contributed by atoms with Crippen molar-refractivity contribution < 1.29 is 9.53 Å². The van der Waals surface area contributed by atoms with Gasteiger partial charge in [0.15, 0.2) is 0 Å². The molecule has 0 radical (unpaired) electrons. The first-order valence-corrected chi connectivity index (χ1v) is 7.36. The van der Waals surface area contributed by atoms with E-state index in [-0.39, 0.29) is 5.91 Å². The third kappa shape index (κ3) is 6.33. The topological polar surface area (TPSA) is 53.6 Å². The van der Waals surface area contributed by atoms with Gasteiger partial charge in [-0.3, -0.25) is 4.79 Å². The molecule has 1 amide bonds. The van der Waals surface area contributed by atoms with E-state index in [1.807, 2.05) is 30.1 Å². The molecule has 0 saturated heterocycles. The number of benzene rings is 1. The van der Waals surface area contributed by atoms with Crippen molar-refractivity contribution in [1.82, 2.24) is 10.6 Å². The van der Waals surface area contributed by atoms with Crippen molar-refractivity contribution in [1.29, 1.82) is 0 Å². The van der Waals surface area contributed by atoms with E-state index in [0.717, 1.165) is 22.8 Å². The standard InChI is InChI=1S/C15H24ClN3O2/c1-17-15(20)6-8-19(2)13-5-4-12(14(16)10-13)11-18-7-9-21-3/h4-5,10,18H,6-9,11H2,1-3H3,(H,17,20). The minimum absolute atomic E-state index is 0.0342. The van der Waals surface area contributed by atoms with Gasteiger partial charge in [-0.25, -0.2) is 0 Å². The number of nitrogens with one attached hydrogen (secondary N) is 2. The Hall–Kier alpha value is -1.30. The molecular weight excluding hydrogens is 290 g/mol. The van der Waals surface area contributed by atoms with Gasteiger partial charge in [0.2, 0.25) is 5.91 Å². The van der Waals surface area contributed by atoms with Gasteiger partial charge in [0, 0.05) is 58.0 Å². The van der Waals surface area contributed by atoms with Crippen LogP contribution in [0.3, 0.4) is 0 Å². The molecule has 0 aliphatic carbocycles. The lowest BCUT2D eigenvalue weighted by Gasteiger charge is -2.20. The van der Waals surface area contributed by atoms with Gasteiger partial charge in [-0.15, -0.1) is 0 Å². The zero-order valence-corrected chi connectivity index (χ0v) is 13.7. The molecule has 0 aliphatic rings. The maximum Gasteiger partial charge on any atom is 0.221 e. The van der Waals surface area contributed by atoms with Crippen LogP contribution in [0.2, 0.25) is 5.02 Å². The number of rotatable bonds is 9. The highest BCUT2D eigenvalue weighted by Gasteiger charge is 2.07. The van der Waals surface area contributed by atoms with Crippen molar-refractivity contribution >= 4 is 23.2 Å². The third-order valence-electron chi connectivity index (χ3n) is 3.23. The maximum atomic E-state index is 11.3. The lowest BCUT2D eigenvalue weighted by molar-refractivity contribution is -0.120. The predicted octanol–water partition coefficient (Wildman–Crippen LogP) is 1.65. The van der Waals surface area contributed by atoms with Crippen LogP contribution >= 0.6 is 11.6 Å². The van der Waals surface area contributed by atoms with Crippen molar-refractivity contribution in [2.75, 3.05) is 45.8 Å². The number of hydrogen-bond acceptors (Lipinski definition) is 4. The van der Waals surface area contributed by atoms with E-state index in [1.165, 1.54) is 0 Å². The first-order chi connectivity index (χ1) is 10.1. The summed E-state index contributed by atoms with van der Waals surface area (Å²) in [6.45, 7) is 2.84. The molecule has 21 heavy (non-hydrogen) atoms. The quantitative estimate of drug-likeness (QED) is 0.681. The summed E-state index contributed by atoms with van der Waals surface area (Å²) in [4.78, 5) is 13.3. The second-order valence-electron chi connectivity index (χ2n) is 4.79. The Balaban J connectivity index is 2.54. The van der Waals surface area contributed by atoms with Crippen LogP contribution in [0.5, 0.6) is 0 Å². The number of amides is 1. The monoisotopic (exact) mass is 313 g/mol. The van der Waals surface area contributed by atoms with Gasteiger partial charge in [0.25, 0.3) is 0 Å². The van der Waals surface area contributed by atoms with Gasteiger partial charge < -0.3 is 20.3 Å². The highest BCUT2D eigenvalue weighted by molar-refractivity contribution is 6.31. The normalized spacial score (nSPS) is 10.5. The molecule has 1 rings (SSSR count). The molecule has 0 atom stereocenters. The zero-order valence-electron chi connectivity index (χ0n) is 12.9. The summed E-state index contributed by atoms with van der Waals surface area (Å²) in [5, 5.41) is 6.61. The molecule has 0 fully saturated rings. The Morgan fingerprint density at radius 2 is 2.19 bits per heavy atom. The van der Waals surface area contributed by atoms with Crippen LogP contribution in [0.25, 0.3) is 0 Å². The van der Waals surface area contributed by atoms with Crippen molar-refractivity contribution in [3.05, 3.63) is 28.8 Å². The maximum absolute atomic E-state index is 11.3. The van der Waals surface area contributed by atoms with Crippen LogP contribution < -0.4 is 15.5 Å². The van der Waals surface area contributed by atoms with Crippen molar-refractivity contribution in [3.8, 4) is 0 Å². The summed E-state index contributed by atoms with van der Waals surface area (Å²) in [7, 11) is 5.27. The van der Waals surface area contributed by atoms with Gasteiger partial charge in [0.05, 0.1) is 6.61 Å². The summed E-state index contributed by atoms with van der Waals surface area (Å²) in [6.07, 6.45) is 0.463. The van der Waals surface area contributed by atoms with Gasteiger partial charge in [-0.1, -0.05) is 17.7 Å². The molecule has 1 aromatic carbocycles. The van der Waals surface area contributed by atoms with Gasteiger partial charge in [-0.2, -0.15) is 0 Å². The molecule has 0 heterocycles. The second kappa shape index (κ2) is 9.60. The van der Waals surface area contributed by atoms with E-state index in [1.54, 1.807) is 14.2 Å². The molecule has 118 valence electrons. The second-order valence-corrected chi connectivity index (χ2v) is 5.20. The van der Waals surface area contributed by atoms with Crippen molar-refractivity contribution in [3.63, 3.8) is 0 Å².